The molecule has 0 N–H and O–H groups in total. The molecule has 0 fully saturated rings. The molecule has 0 bridgehead atoms. The molecule has 148 valence electrons. The fourth-order valence-electron chi connectivity index (χ4n) is 3.40. The van der Waals surface area contributed by atoms with E-state index in [-0.39, 0.29) is 14.1 Å². The van der Waals surface area contributed by atoms with Crippen molar-refractivity contribution in [2.75, 3.05) is 0 Å². The second-order valence-electron chi connectivity index (χ2n) is 7.32. The predicted octanol–water partition coefficient (Wildman–Crippen LogP) is 5.59. The minimum atomic E-state index is -0.391. The molecular weight excluding hydrogens is 379 g/mol. The van der Waals surface area contributed by atoms with Gasteiger partial charge >= 0.3 is 5.97 Å². The SMILES string of the molecule is Cc1cc(OC(=O)c2ccccc2)ccc1PC(=O)c1c(C)cc(C)c(C)c1C. The summed E-state index contributed by atoms with van der Waals surface area (Å²) in [4.78, 5) is 25.3. The topological polar surface area (TPSA) is 43.4 Å². The second kappa shape index (κ2) is 8.71. The van der Waals surface area contributed by atoms with E-state index in [2.05, 4.69) is 19.9 Å². The summed E-state index contributed by atoms with van der Waals surface area (Å²) in [7, 11) is 0.0262. The first-order valence-corrected chi connectivity index (χ1v) is 10.5. The van der Waals surface area contributed by atoms with Crippen LogP contribution in [0, 0.1) is 34.6 Å². The lowest BCUT2D eigenvalue weighted by molar-refractivity contribution is 0.0734. The minimum Gasteiger partial charge on any atom is -0.423 e. The van der Waals surface area contributed by atoms with Crippen LogP contribution in [0.3, 0.4) is 0 Å². The molecule has 0 radical (unpaired) electrons. The molecule has 1 atom stereocenters. The zero-order valence-corrected chi connectivity index (χ0v) is 18.4. The normalized spacial score (nSPS) is 11.1. The molecule has 0 amide bonds. The molecule has 4 heteroatoms. The number of carbonyl (C=O) groups is 2. The van der Waals surface area contributed by atoms with Crippen molar-refractivity contribution in [3.8, 4) is 5.75 Å². The molecule has 3 nitrogen and oxygen atoms in total. The monoisotopic (exact) mass is 404 g/mol. The van der Waals surface area contributed by atoms with Crippen LogP contribution in [0.15, 0.2) is 54.6 Å². The molecular formula is C25H25O3P. The molecule has 3 aromatic carbocycles. The summed E-state index contributed by atoms with van der Waals surface area (Å²) in [6.07, 6.45) is 0. The van der Waals surface area contributed by atoms with Crippen molar-refractivity contribution in [2.24, 2.45) is 0 Å². The highest BCUT2D eigenvalue weighted by molar-refractivity contribution is 7.66. The predicted molar refractivity (Wildman–Crippen MR) is 120 cm³/mol. The number of hydrogen-bond acceptors (Lipinski definition) is 3. The van der Waals surface area contributed by atoms with Gasteiger partial charge in [-0.05, 0) is 101 Å². The van der Waals surface area contributed by atoms with Gasteiger partial charge in [0.1, 0.15) is 5.75 Å². The van der Waals surface area contributed by atoms with E-state index in [0.29, 0.717) is 11.3 Å². The largest absolute Gasteiger partial charge is 0.423 e. The first-order chi connectivity index (χ1) is 13.8. The Bertz CT molecular complexity index is 1080. The lowest BCUT2D eigenvalue weighted by atomic mass is 9.95. The Balaban J connectivity index is 1.79. The summed E-state index contributed by atoms with van der Waals surface area (Å²) < 4.78 is 5.47. The van der Waals surface area contributed by atoms with Crippen molar-refractivity contribution in [1.82, 2.24) is 0 Å². The van der Waals surface area contributed by atoms with Crippen molar-refractivity contribution in [1.29, 1.82) is 0 Å². The highest BCUT2D eigenvalue weighted by atomic mass is 31.1. The zero-order chi connectivity index (χ0) is 21.1. The van der Waals surface area contributed by atoms with Gasteiger partial charge < -0.3 is 4.74 Å². The lowest BCUT2D eigenvalue weighted by Gasteiger charge is -2.15. The van der Waals surface area contributed by atoms with E-state index < -0.39 is 5.97 Å². The summed E-state index contributed by atoms with van der Waals surface area (Å²) in [5.74, 6) is 0.0912. The number of ether oxygens (including phenoxy) is 1. The van der Waals surface area contributed by atoms with Crippen LogP contribution in [-0.2, 0) is 0 Å². The smallest absolute Gasteiger partial charge is 0.343 e. The van der Waals surface area contributed by atoms with E-state index in [1.807, 2.05) is 39.0 Å². The van der Waals surface area contributed by atoms with E-state index in [4.69, 9.17) is 4.74 Å². The van der Waals surface area contributed by atoms with Gasteiger partial charge in [0.2, 0.25) is 0 Å². The van der Waals surface area contributed by atoms with Crippen molar-refractivity contribution in [3.63, 3.8) is 0 Å². The Kier molecular flexibility index (Phi) is 6.30. The van der Waals surface area contributed by atoms with Crippen LogP contribution in [-0.4, -0.2) is 11.5 Å². The Hall–Kier alpha value is -2.77. The molecule has 0 aliphatic rings. The van der Waals surface area contributed by atoms with Gasteiger partial charge in [-0.3, -0.25) is 4.79 Å². The summed E-state index contributed by atoms with van der Waals surface area (Å²) in [6.45, 7) is 10.1. The zero-order valence-electron chi connectivity index (χ0n) is 17.4. The molecule has 1 unspecified atom stereocenters. The van der Waals surface area contributed by atoms with Crippen molar-refractivity contribution in [2.45, 2.75) is 34.6 Å². The standard InChI is InChI=1S/C25H25O3P/c1-15-13-17(3)23(19(5)18(15)4)25(27)29-22-12-11-21(14-16(22)2)28-24(26)20-9-7-6-8-10-20/h6-14,29H,1-5H3. The molecule has 0 spiro atoms. The van der Waals surface area contributed by atoms with Gasteiger partial charge in [-0.1, -0.05) is 30.3 Å². The van der Waals surface area contributed by atoms with Crippen LogP contribution in [0.1, 0.15) is 48.5 Å². The first-order valence-electron chi connectivity index (χ1n) is 9.54. The number of rotatable bonds is 5. The fraction of sp³-hybridized carbons (Fsp3) is 0.200. The van der Waals surface area contributed by atoms with Gasteiger partial charge in [0.05, 0.1) is 5.56 Å². The van der Waals surface area contributed by atoms with Crippen molar-refractivity contribution < 1.29 is 14.3 Å². The highest BCUT2D eigenvalue weighted by Crippen LogP contribution is 2.29. The van der Waals surface area contributed by atoms with Gasteiger partial charge in [-0.15, -0.1) is 0 Å². The van der Waals surface area contributed by atoms with E-state index >= 15 is 0 Å². The lowest BCUT2D eigenvalue weighted by Crippen LogP contribution is -2.11. The maximum atomic E-state index is 13.0. The van der Waals surface area contributed by atoms with Crippen LogP contribution in [0.2, 0.25) is 0 Å². The molecule has 0 aliphatic carbocycles. The number of carbonyl (C=O) groups excluding carboxylic acids is 2. The van der Waals surface area contributed by atoms with Crippen LogP contribution >= 0.6 is 8.58 Å². The fourth-order valence-corrected chi connectivity index (χ4v) is 4.59. The Morgan fingerprint density at radius 1 is 0.759 bits per heavy atom. The van der Waals surface area contributed by atoms with Crippen LogP contribution in [0.25, 0.3) is 0 Å². The van der Waals surface area contributed by atoms with Gasteiger partial charge in [0, 0.05) is 5.56 Å². The third-order valence-electron chi connectivity index (χ3n) is 5.25. The van der Waals surface area contributed by atoms with Gasteiger partial charge in [0.25, 0.3) is 0 Å². The molecule has 0 heterocycles. The van der Waals surface area contributed by atoms with E-state index in [1.165, 1.54) is 11.1 Å². The molecule has 3 rings (SSSR count). The summed E-state index contributed by atoms with van der Waals surface area (Å²) in [5.41, 5.74) is 6.87. The van der Waals surface area contributed by atoms with E-state index in [1.54, 1.807) is 30.3 Å². The van der Waals surface area contributed by atoms with E-state index in [9.17, 15) is 9.59 Å². The minimum absolute atomic E-state index is 0.0262. The van der Waals surface area contributed by atoms with Gasteiger partial charge in [-0.2, -0.15) is 0 Å². The number of aryl methyl sites for hydroxylation is 3. The summed E-state index contributed by atoms with van der Waals surface area (Å²) in [5, 5.41) is 0.964. The maximum Gasteiger partial charge on any atom is 0.343 e. The molecule has 0 aliphatic heterocycles. The van der Waals surface area contributed by atoms with Crippen LogP contribution in [0.4, 0.5) is 0 Å². The average molecular weight is 404 g/mol. The average Bonchev–Trinajstić information content (AvgIpc) is 2.69. The Labute approximate surface area is 173 Å². The molecule has 3 aromatic rings. The molecule has 0 saturated heterocycles. The third kappa shape index (κ3) is 4.63. The van der Waals surface area contributed by atoms with Crippen LogP contribution in [0.5, 0.6) is 5.75 Å². The third-order valence-corrected chi connectivity index (χ3v) is 6.56. The quantitative estimate of drug-likeness (QED) is 0.316. The van der Waals surface area contributed by atoms with Crippen LogP contribution < -0.4 is 10.0 Å². The first kappa shape index (κ1) is 21.0. The Morgan fingerprint density at radius 3 is 2.10 bits per heavy atom. The Morgan fingerprint density at radius 2 is 1.45 bits per heavy atom. The maximum absolute atomic E-state index is 13.0. The summed E-state index contributed by atoms with van der Waals surface area (Å²) >= 11 is 0. The van der Waals surface area contributed by atoms with Gasteiger partial charge in [-0.25, -0.2) is 4.79 Å². The number of hydrogen-bond donors (Lipinski definition) is 0. The highest BCUT2D eigenvalue weighted by Gasteiger charge is 2.17. The molecule has 0 aromatic heterocycles. The number of esters is 1. The number of benzene rings is 3. The second-order valence-corrected chi connectivity index (χ2v) is 8.56. The van der Waals surface area contributed by atoms with Gasteiger partial charge in [0.15, 0.2) is 5.52 Å². The summed E-state index contributed by atoms with van der Waals surface area (Å²) in [6, 6.07) is 16.4. The van der Waals surface area contributed by atoms with E-state index in [0.717, 1.165) is 27.6 Å². The molecule has 0 saturated carbocycles. The van der Waals surface area contributed by atoms with Crippen molar-refractivity contribution in [3.05, 3.63) is 93.5 Å². The van der Waals surface area contributed by atoms with Crippen molar-refractivity contribution >= 4 is 25.4 Å². The molecule has 29 heavy (non-hydrogen) atoms.